The molecule has 0 aromatic carbocycles. The van der Waals surface area contributed by atoms with Crippen molar-refractivity contribution in [3.05, 3.63) is 16.1 Å². The second-order valence-corrected chi connectivity index (χ2v) is 7.20. The highest BCUT2D eigenvalue weighted by atomic mass is 32.1. The Balaban J connectivity index is 1.62. The van der Waals surface area contributed by atoms with Crippen LogP contribution in [0.4, 0.5) is 0 Å². The van der Waals surface area contributed by atoms with Crippen molar-refractivity contribution in [2.75, 3.05) is 26.7 Å². The first-order chi connectivity index (χ1) is 10.6. The molecule has 1 aromatic rings. The minimum absolute atomic E-state index is 0.0880. The third-order valence-electron chi connectivity index (χ3n) is 4.43. The largest absolute Gasteiger partial charge is 0.355 e. The second-order valence-electron chi connectivity index (χ2n) is 6.26. The summed E-state index contributed by atoms with van der Waals surface area (Å²) in [7, 11) is 1.81. The molecule has 1 spiro atoms. The zero-order valence-electron chi connectivity index (χ0n) is 13.2. The molecule has 1 unspecified atom stereocenters. The number of carbonyl (C=O) groups is 1. The summed E-state index contributed by atoms with van der Waals surface area (Å²) in [5.41, 5.74) is 1.15. The highest BCUT2D eigenvalue weighted by Crippen LogP contribution is 2.35. The topological polar surface area (TPSA) is 69.6 Å². The van der Waals surface area contributed by atoms with Gasteiger partial charge in [-0.15, -0.1) is 11.3 Å². The first-order valence-electron chi connectivity index (χ1n) is 7.74. The van der Waals surface area contributed by atoms with Crippen LogP contribution >= 0.6 is 11.3 Å². The lowest BCUT2D eigenvalue weighted by Crippen LogP contribution is -2.51. The SMILES string of the molecule is CN=C(NCc1nc(C)cs1)N1CCCC2(CNC(=O)C2)C1. The number of rotatable bonds is 2. The number of hydrogen-bond donors (Lipinski definition) is 2. The Morgan fingerprint density at radius 1 is 1.64 bits per heavy atom. The van der Waals surface area contributed by atoms with Gasteiger partial charge in [0.05, 0.1) is 6.54 Å². The molecule has 1 aromatic heterocycles. The van der Waals surface area contributed by atoms with Gasteiger partial charge in [-0.05, 0) is 19.8 Å². The quantitative estimate of drug-likeness (QED) is 0.633. The molecule has 7 heteroatoms. The smallest absolute Gasteiger partial charge is 0.220 e. The van der Waals surface area contributed by atoms with Crippen LogP contribution in [0.25, 0.3) is 0 Å². The number of amides is 1. The van der Waals surface area contributed by atoms with Gasteiger partial charge in [-0.1, -0.05) is 0 Å². The highest BCUT2D eigenvalue weighted by Gasteiger charge is 2.42. The van der Waals surface area contributed by atoms with Gasteiger partial charge in [0, 0.05) is 49.6 Å². The summed E-state index contributed by atoms with van der Waals surface area (Å²) in [6.07, 6.45) is 2.86. The lowest BCUT2D eigenvalue weighted by molar-refractivity contribution is -0.119. The molecule has 3 heterocycles. The van der Waals surface area contributed by atoms with Crippen molar-refractivity contribution in [2.24, 2.45) is 10.4 Å². The standard InChI is InChI=1S/C15H23N5OS/c1-11-8-22-13(19-11)7-17-14(16-2)20-5-3-4-15(10-20)6-12(21)18-9-15/h8H,3-7,9-10H2,1-2H3,(H,16,17)(H,18,21). The summed E-state index contributed by atoms with van der Waals surface area (Å²) in [4.78, 5) is 22.8. The molecule has 2 N–H and O–H groups in total. The molecule has 1 atom stereocenters. The average molecular weight is 321 g/mol. The van der Waals surface area contributed by atoms with Crippen molar-refractivity contribution in [1.29, 1.82) is 0 Å². The lowest BCUT2D eigenvalue weighted by atomic mass is 9.79. The molecule has 6 nitrogen and oxygen atoms in total. The van der Waals surface area contributed by atoms with Crippen LogP contribution < -0.4 is 10.6 Å². The number of thiazole rings is 1. The molecule has 0 aliphatic carbocycles. The van der Waals surface area contributed by atoms with E-state index in [1.165, 1.54) is 0 Å². The van der Waals surface area contributed by atoms with E-state index in [9.17, 15) is 4.79 Å². The van der Waals surface area contributed by atoms with E-state index in [-0.39, 0.29) is 11.3 Å². The van der Waals surface area contributed by atoms with Crippen molar-refractivity contribution in [2.45, 2.75) is 32.7 Å². The van der Waals surface area contributed by atoms with E-state index in [1.54, 1.807) is 11.3 Å². The number of hydrogen-bond acceptors (Lipinski definition) is 4. The van der Waals surface area contributed by atoms with Gasteiger partial charge in [0.2, 0.25) is 5.91 Å². The number of aliphatic imine (C=N–C) groups is 1. The van der Waals surface area contributed by atoms with Crippen LogP contribution in [-0.2, 0) is 11.3 Å². The van der Waals surface area contributed by atoms with Crippen LogP contribution in [0.5, 0.6) is 0 Å². The number of piperidine rings is 1. The summed E-state index contributed by atoms with van der Waals surface area (Å²) < 4.78 is 0. The zero-order chi connectivity index (χ0) is 15.6. The lowest BCUT2D eigenvalue weighted by Gasteiger charge is -2.40. The van der Waals surface area contributed by atoms with Gasteiger partial charge < -0.3 is 15.5 Å². The van der Waals surface area contributed by atoms with E-state index < -0.39 is 0 Å². The van der Waals surface area contributed by atoms with E-state index in [4.69, 9.17) is 0 Å². The number of carbonyl (C=O) groups excluding carboxylic acids is 1. The predicted molar refractivity (Wildman–Crippen MR) is 87.9 cm³/mol. The van der Waals surface area contributed by atoms with Gasteiger partial charge in [-0.3, -0.25) is 9.79 Å². The molecule has 22 heavy (non-hydrogen) atoms. The van der Waals surface area contributed by atoms with Crippen LogP contribution in [0.3, 0.4) is 0 Å². The molecule has 120 valence electrons. The number of guanidine groups is 1. The van der Waals surface area contributed by atoms with Gasteiger partial charge in [-0.2, -0.15) is 0 Å². The molecule has 0 radical (unpaired) electrons. The summed E-state index contributed by atoms with van der Waals surface area (Å²) in [5.74, 6) is 1.09. The maximum absolute atomic E-state index is 11.6. The van der Waals surface area contributed by atoms with Crippen molar-refractivity contribution in [3.63, 3.8) is 0 Å². The van der Waals surface area contributed by atoms with Gasteiger partial charge in [0.25, 0.3) is 0 Å². The summed E-state index contributed by atoms with van der Waals surface area (Å²) in [6.45, 7) is 5.39. The Morgan fingerprint density at radius 3 is 3.14 bits per heavy atom. The van der Waals surface area contributed by atoms with Crippen LogP contribution in [0.2, 0.25) is 0 Å². The number of aryl methyl sites for hydroxylation is 1. The van der Waals surface area contributed by atoms with Gasteiger partial charge in [0.15, 0.2) is 5.96 Å². The van der Waals surface area contributed by atoms with E-state index in [0.29, 0.717) is 13.0 Å². The zero-order valence-corrected chi connectivity index (χ0v) is 14.0. The van der Waals surface area contributed by atoms with E-state index in [1.807, 2.05) is 14.0 Å². The van der Waals surface area contributed by atoms with E-state index >= 15 is 0 Å². The predicted octanol–water partition coefficient (Wildman–Crippen LogP) is 1.13. The van der Waals surface area contributed by atoms with E-state index in [0.717, 1.165) is 49.1 Å². The molecule has 2 saturated heterocycles. The first-order valence-corrected chi connectivity index (χ1v) is 8.61. The summed E-state index contributed by atoms with van der Waals surface area (Å²) in [6, 6.07) is 0. The van der Waals surface area contributed by atoms with E-state index in [2.05, 4.69) is 30.9 Å². The fraction of sp³-hybridized carbons (Fsp3) is 0.667. The fourth-order valence-corrected chi connectivity index (χ4v) is 4.11. The van der Waals surface area contributed by atoms with Crippen LogP contribution in [0.15, 0.2) is 10.4 Å². The Bertz CT molecular complexity index is 584. The fourth-order valence-electron chi connectivity index (χ4n) is 3.40. The third-order valence-corrected chi connectivity index (χ3v) is 5.40. The normalized spacial score (nSPS) is 25.6. The number of aromatic nitrogens is 1. The Kier molecular flexibility index (Phi) is 4.33. The third kappa shape index (κ3) is 3.24. The average Bonchev–Trinajstić information content (AvgIpc) is 3.06. The molecule has 2 aliphatic heterocycles. The second kappa shape index (κ2) is 6.24. The van der Waals surface area contributed by atoms with Crippen LogP contribution in [-0.4, -0.2) is 48.4 Å². The van der Waals surface area contributed by atoms with Crippen molar-refractivity contribution >= 4 is 23.2 Å². The van der Waals surface area contributed by atoms with Crippen molar-refractivity contribution < 1.29 is 4.79 Å². The molecule has 2 fully saturated rings. The Hall–Kier alpha value is -1.63. The number of nitrogens with one attached hydrogen (secondary N) is 2. The highest BCUT2D eigenvalue weighted by molar-refractivity contribution is 7.09. The van der Waals surface area contributed by atoms with Crippen molar-refractivity contribution in [3.8, 4) is 0 Å². The maximum atomic E-state index is 11.6. The van der Waals surface area contributed by atoms with Gasteiger partial charge >= 0.3 is 0 Å². The molecule has 0 saturated carbocycles. The van der Waals surface area contributed by atoms with Gasteiger partial charge in [0.1, 0.15) is 5.01 Å². The molecule has 3 rings (SSSR count). The maximum Gasteiger partial charge on any atom is 0.220 e. The summed E-state index contributed by atoms with van der Waals surface area (Å²) >= 11 is 1.67. The minimum Gasteiger partial charge on any atom is -0.355 e. The Morgan fingerprint density at radius 2 is 2.50 bits per heavy atom. The molecule has 1 amide bonds. The van der Waals surface area contributed by atoms with Gasteiger partial charge in [-0.25, -0.2) is 4.98 Å². The number of nitrogens with zero attached hydrogens (tertiary/aromatic N) is 3. The van der Waals surface area contributed by atoms with Crippen LogP contribution in [0, 0.1) is 12.3 Å². The molecule has 2 aliphatic rings. The van der Waals surface area contributed by atoms with Crippen LogP contribution in [0.1, 0.15) is 30.0 Å². The first kappa shape index (κ1) is 15.3. The number of likely N-dealkylation sites (tertiary alicyclic amines) is 1. The molecular formula is C15H23N5OS. The monoisotopic (exact) mass is 321 g/mol. The molecule has 0 bridgehead atoms. The van der Waals surface area contributed by atoms with Crippen molar-refractivity contribution in [1.82, 2.24) is 20.5 Å². The minimum atomic E-state index is 0.0880. The Labute approximate surface area is 135 Å². The summed E-state index contributed by atoms with van der Waals surface area (Å²) in [5, 5.41) is 9.52. The molecular weight excluding hydrogens is 298 g/mol.